The topological polar surface area (TPSA) is 46.9 Å². The Morgan fingerprint density at radius 3 is 3.07 bits per heavy atom. The second-order valence-corrected chi connectivity index (χ2v) is 3.36. The first-order valence-electron chi connectivity index (χ1n) is 4.57. The molecule has 1 saturated carbocycles. The zero-order chi connectivity index (χ0) is 9.97. The first-order chi connectivity index (χ1) is 6.79. The van der Waals surface area contributed by atoms with Crippen molar-refractivity contribution in [3.05, 3.63) is 22.6 Å². The van der Waals surface area contributed by atoms with E-state index >= 15 is 0 Å². The van der Waals surface area contributed by atoms with E-state index in [-0.39, 0.29) is 12.1 Å². The third-order valence-corrected chi connectivity index (χ3v) is 2.06. The molecule has 0 radical (unpaired) electrons. The molecule has 0 unspecified atom stereocenters. The molecule has 1 aliphatic rings. The third kappa shape index (κ3) is 1.94. The van der Waals surface area contributed by atoms with Crippen LogP contribution in [0.15, 0.2) is 17.1 Å². The van der Waals surface area contributed by atoms with Crippen LogP contribution in [-0.2, 0) is 6.54 Å². The van der Waals surface area contributed by atoms with Gasteiger partial charge >= 0.3 is 0 Å². The molecule has 0 spiro atoms. The summed E-state index contributed by atoms with van der Waals surface area (Å²) in [5.41, 5.74) is 0.624. The Bertz CT molecular complexity index is 426. The van der Waals surface area contributed by atoms with Gasteiger partial charge in [-0.15, -0.1) is 6.42 Å². The zero-order valence-electron chi connectivity index (χ0n) is 7.73. The summed E-state index contributed by atoms with van der Waals surface area (Å²) in [6.07, 6.45) is 9.08. The molecule has 1 aromatic rings. The lowest BCUT2D eigenvalue weighted by Gasteiger charge is -2.04. The van der Waals surface area contributed by atoms with Gasteiger partial charge in [0.05, 0.1) is 11.9 Å². The van der Waals surface area contributed by atoms with Crippen LogP contribution in [0.3, 0.4) is 0 Å². The monoisotopic (exact) mass is 189 g/mol. The van der Waals surface area contributed by atoms with Gasteiger partial charge < -0.3 is 5.32 Å². The normalized spacial score (nSPS) is 14.8. The van der Waals surface area contributed by atoms with E-state index in [1.165, 1.54) is 23.6 Å². The van der Waals surface area contributed by atoms with Crippen molar-refractivity contribution in [1.82, 2.24) is 9.78 Å². The quantitative estimate of drug-likeness (QED) is 0.702. The van der Waals surface area contributed by atoms with E-state index < -0.39 is 0 Å². The van der Waals surface area contributed by atoms with E-state index in [9.17, 15) is 4.79 Å². The number of nitrogens with one attached hydrogen (secondary N) is 1. The molecule has 1 fully saturated rings. The number of terminal acetylenes is 1. The van der Waals surface area contributed by atoms with Crippen molar-refractivity contribution in [1.29, 1.82) is 0 Å². The number of rotatable bonds is 3. The highest BCUT2D eigenvalue weighted by Gasteiger charge is 2.20. The molecule has 2 rings (SSSR count). The molecule has 4 nitrogen and oxygen atoms in total. The van der Waals surface area contributed by atoms with Gasteiger partial charge in [-0.25, -0.2) is 4.68 Å². The van der Waals surface area contributed by atoms with E-state index in [2.05, 4.69) is 16.3 Å². The molecule has 0 aliphatic heterocycles. The fourth-order valence-corrected chi connectivity index (χ4v) is 1.18. The molecule has 0 atom stereocenters. The van der Waals surface area contributed by atoms with E-state index in [1.54, 1.807) is 6.20 Å². The SMILES string of the molecule is C#CCn1ncc(NC2CC2)cc1=O. The smallest absolute Gasteiger partial charge is 0.269 e. The minimum atomic E-state index is -0.159. The van der Waals surface area contributed by atoms with Crippen LogP contribution in [0, 0.1) is 12.3 Å². The first kappa shape index (κ1) is 8.82. The van der Waals surface area contributed by atoms with Gasteiger partial charge in [0.1, 0.15) is 6.54 Å². The molecule has 72 valence electrons. The Morgan fingerprint density at radius 2 is 2.50 bits per heavy atom. The van der Waals surface area contributed by atoms with Gasteiger partial charge in [-0.05, 0) is 12.8 Å². The Labute approximate surface area is 81.9 Å². The number of hydrogen-bond acceptors (Lipinski definition) is 3. The number of aromatic nitrogens is 2. The predicted octanol–water partition coefficient (Wildman–Crippen LogP) is 0.451. The Balaban J connectivity index is 2.17. The summed E-state index contributed by atoms with van der Waals surface area (Å²) >= 11 is 0. The van der Waals surface area contributed by atoms with Crippen LogP contribution in [0.1, 0.15) is 12.8 Å². The van der Waals surface area contributed by atoms with Crippen molar-refractivity contribution in [3.63, 3.8) is 0 Å². The van der Waals surface area contributed by atoms with Gasteiger partial charge in [0.2, 0.25) is 0 Å². The van der Waals surface area contributed by atoms with Gasteiger partial charge in [-0.3, -0.25) is 4.79 Å². The van der Waals surface area contributed by atoms with E-state index in [0.717, 1.165) is 5.69 Å². The molecule has 1 heterocycles. The number of anilines is 1. The maximum atomic E-state index is 11.4. The predicted molar refractivity (Wildman–Crippen MR) is 54.0 cm³/mol. The third-order valence-electron chi connectivity index (χ3n) is 2.06. The lowest BCUT2D eigenvalue weighted by molar-refractivity contribution is 0.663. The maximum Gasteiger partial charge on any atom is 0.269 e. The second kappa shape index (κ2) is 3.54. The molecule has 4 heteroatoms. The summed E-state index contributed by atoms with van der Waals surface area (Å²) < 4.78 is 1.26. The molecule has 14 heavy (non-hydrogen) atoms. The van der Waals surface area contributed by atoms with Crippen LogP contribution in [0.5, 0.6) is 0 Å². The molecule has 0 aromatic carbocycles. The number of hydrogen-bond donors (Lipinski definition) is 1. The van der Waals surface area contributed by atoms with Crippen LogP contribution in [-0.4, -0.2) is 15.8 Å². The fourth-order valence-electron chi connectivity index (χ4n) is 1.18. The van der Waals surface area contributed by atoms with E-state index in [0.29, 0.717) is 6.04 Å². The largest absolute Gasteiger partial charge is 0.381 e. The Morgan fingerprint density at radius 1 is 1.71 bits per heavy atom. The minimum Gasteiger partial charge on any atom is -0.381 e. The van der Waals surface area contributed by atoms with E-state index in [4.69, 9.17) is 6.42 Å². The van der Waals surface area contributed by atoms with Crippen LogP contribution >= 0.6 is 0 Å². The van der Waals surface area contributed by atoms with Crippen molar-refractivity contribution in [2.24, 2.45) is 0 Å². The van der Waals surface area contributed by atoms with Crippen molar-refractivity contribution >= 4 is 5.69 Å². The van der Waals surface area contributed by atoms with Crippen molar-refractivity contribution in [2.75, 3.05) is 5.32 Å². The molecule has 1 N–H and O–H groups in total. The summed E-state index contributed by atoms with van der Waals surface area (Å²) in [6, 6.07) is 2.06. The molecule has 0 saturated heterocycles. The lowest BCUT2D eigenvalue weighted by Crippen LogP contribution is -2.22. The van der Waals surface area contributed by atoms with Gasteiger partial charge in [0.15, 0.2) is 0 Å². The molecular formula is C10H11N3O. The number of nitrogens with zero attached hydrogens (tertiary/aromatic N) is 2. The fraction of sp³-hybridized carbons (Fsp3) is 0.400. The van der Waals surface area contributed by atoms with Crippen LogP contribution < -0.4 is 10.9 Å². The Kier molecular flexibility index (Phi) is 2.23. The molecule has 1 aliphatic carbocycles. The summed E-state index contributed by atoms with van der Waals surface area (Å²) in [4.78, 5) is 11.4. The Hall–Kier alpha value is -1.76. The minimum absolute atomic E-state index is 0.159. The van der Waals surface area contributed by atoms with Gasteiger partial charge in [0.25, 0.3) is 5.56 Å². The standard InChI is InChI=1S/C10H11N3O/c1-2-5-13-10(14)6-9(7-11-13)12-8-3-4-8/h1,6-8,12H,3-5H2. The molecule has 1 aromatic heterocycles. The molecular weight excluding hydrogens is 178 g/mol. The summed E-state index contributed by atoms with van der Waals surface area (Å²) in [5.74, 6) is 2.38. The zero-order valence-corrected chi connectivity index (χ0v) is 7.73. The van der Waals surface area contributed by atoms with Crippen LogP contribution in [0.4, 0.5) is 5.69 Å². The summed E-state index contributed by atoms with van der Waals surface area (Å²) in [7, 11) is 0. The highest BCUT2D eigenvalue weighted by Crippen LogP contribution is 2.23. The highest BCUT2D eigenvalue weighted by atomic mass is 16.1. The average molecular weight is 189 g/mol. The van der Waals surface area contributed by atoms with Gasteiger partial charge in [-0.2, -0.15) is 5.10 Å². The van der Waals surface area contributed by atoms with Crippen molar-refractivity contribution < 1.29 is 0 Å². The maximum absolute atomic E-state index is 11.4. The van der Waals surface area contributed by atoms with Gasteiger partial charge in [-0.1, -0.05) is 5.92 Å². The summed E-state index contributed by atoms with van der Waals surface area (Å²) in [6.45, 7) is 0.225. The molecule has 0 bridgehead atoms. The van der Waals surface area contributed by atoms with Crippen LogP contribution in [0.25, 0.3) is 0 Å². The van der Waals surface area contributed by atoms with E-state index in [1.807, 2.05) is 0 Å². The highest BCUT2D eigenvalue weighted by molar-refractivity contribution is 5.41. The second-order valence-electron chi connectivity index (χ2n) is 3.36. The van der Waals surface area contributed by atoms with Crippen molar-refractivity contribution in [2.45, 2.75) is 25.4 Å². The summed E-state index contributed by atoms with van der Waals surface area (Å²) in [5, 5.41) is 7.15. The van der Waals surface area contributed by atoms with Crippen LogP contribution in [0.2, 0.25) is 0 Å². The lowest BCUT2D eigenvalue weighted by atomic mass is 10.4. The van der Waals surface area contributed by atoms with Gasteiger partial charge in [0, 0.05) is 12.1 Å². The molecule has 0 amide bonds. The van der Waals surface area contributed by atoms with Crippen molar-refractivity contribution in [3.8, 4) is 12.3 Å². The average Bonchev–Trinajstić information content (AvgIpc) is 2.94. The first-order valence-corrected chi connectivity index (χ1v) is 4.57.